The van der Waals surface area contributed by atoms with Gasteiger partial charge in [0.05, 0.1) is 17.9 Å². The minimum absolute atomic E-state index is 0.0393. The van der Waals surface area contributed by atoms with E-state index in [0.717, 1.165) is 36.2 Å². The lowest BCUT2D eigenvalue weighted by molar-refractivity contribution is -0.140. The minimum atomic E-state index is -1.07. The van der Waals surface area contributed by atoms with E-state index in [9.17, 15) is 19.5 Å². The SMILES string of the molecule is Cc1oc(C)c(-c2nc(N(C(=O)C(CC(=O)O)Cc3ccccc3)C3CC3)sc2F)c1-c1ccc(N2CCCC2=O)nc1. The number of nitrogens with zero attached hydrogens (tertiary/aromatic N) is 4. The van der Waals surface area contributed by atoms with Gasteiger partial charge in [0.15, 0.2) is 5.13 Å². The average molecular weight is 603 g/mol. The largest absolute Gasteiger partial charge is 0.481 e. The number of furan rings is 1. The molecule has 2 aliphatic rings. The van der Waals surface area contributed by atoms with Crippen molar-refractivity contribution < 1.29 is 28.3 Å². The second kappa shape index (κ2) is 11.7. The van der Waals surface area contributed by atoms with Crippen LogP contribution in [0.4, 0.5) is 15.3 Å². The van der Waals surface area contributed by atoms with Crippen molar-refractivity contribution in [1.82, 2.24) is 9.97 Å². The minimum Gasteiger partial charge on any atom is -0.481 e. The maximum atomic E-state index is 15.8. The van der Waals surface area contributed by atoms with E-state index < -0.39 is 17.0 Å². The van der Waals surface area contributed by atoms with Crippen LogP contribution in [0.3, 0.4) is 0 Å². The molecule has 1 aliphatic carbocycles. The van der Waals surface area contributed by atoms with Crippen molar-refractivity contribution in [3.63, 3.8) is 0 Å². The van der Waals surface area contributed by atoms with E-state index in [4.69, 9.17) is 4.42 Å². The average Bonchev–Trinajstić information content (AvgIpc) is 3.49. The number of aliphatic carboxylic acids is 1. The molecule has 1 aliphatic heterocycles. The molecule has 1 saturated carbocycles. The van der Waals surface area contributed by atoms with Crippen molar-refractivity contribution >= 4 is 40.1 Å². The number of pyridine rings is 1. The van der Waals surface area contributed by atoms with Crippen LogP contribution in [-0.4, -0.2) is 45.4 Å². The fourth-order valence-electron chi connectivity index (χ4n) is 5.76. The van der Waals surface area contributed by atoms with Gasteiger partial charge in [-0.1, -0.05) is 41.7 Å². The summed E-state index contributed by atoms with van der Waals surface area (Å²) in [5, 5.41) is 9.24. The molecule has 4 heterocycles. The van der Waals surface area contributed by atoms with Crippen LogP contribution in [0.5, 0.6) is 0 Å². The Bertz CT molecular complexity index is 1680. The number of carboxylic acid groups (broad SMARTS) is 1. The van der Waals surface area contributed by atoms with Crippen molar-refractivity contribution in [2.45, 2.75) is 58.4 Å². The van der Waals surface area contributed by atoms with Crippen LogP contribution in [0.1, 0.15) is 49.2 Å². The lowest BCUT2D eigenvalue weighted by atomic mass is 9.94. The van der Waals surface area contributed by atoms with Crippen LogP contribution in [0, 0.1) is 24.9 Å². The maximum Gasteiger partial charge on any atom is 0.304 e. The molecule has 0 spiro atoms. The van der Waals surface area contributed by atoms with Gasteiger partial charge in [-0.05, 0) is 57.2 Å². The van der Waals surface area contributed by atoms with Gasteiger partial charge in [0.25, 0.3) is 0 Å². The first-order valence-corrected chi connectivity index (χ1v) is 15.1. The molecule has 9 nitrogen and oxygen atoms in total. The summed E-state index contributed by atoms with van der Waals surface area (Å²) in [6.45, 7) is 4.15. The highest BCUT2D eigenvalue weighted by Crippen LogP contribution is 2.44. The molecule has 2 amide bonds. The highest BCUT2D eigenvalue weighted by atomic mass is 32.1. The van der Waals surface area contributed by atoms with Crippen molar-refractivity contribution in [3.8, 4) is 22.4 Å². The van der Waals surface area contributed by atoms with Crippen LogP contribution in [0.25, 0.3) is 22.4 Å². The number of carbonyl (C=O) groups excluding carboxylic acids is 2. The number of aryl methyl sites for hydroxylation is 2. The molecule has 0 bridgehead atoms. The van der Waals surface area contributed by atoms with Crippen molar-refractivity contribution in [2.75, 3.05) is 16.3 Å². The Labute approximate surface area is 252 Å². The summed E-state index contributed by atoms with van der Waals surface area (Å²) < 4.78 is 21.7. The molecule has 0 radical (unpaired) electrons. The monoisotopic (exact) mass is 602 g/mol. The fourth-order valence-corrected chi connectivity index (χ4v) is 6.64. The van der Waals surface area contributed by atoms with E-state index in [-0.39, 0.29) is 41.5 Å². The van der Waals surface area contributed by atoms with E-state index >= 15 is 4.39 Å². The predicted octanol–water partition coefficient (Wildman–Crippen LogP) is 6.18. The summed E-state index contributed by atoms with van der Waals surface area (Å²) in [4.78, 5) is 50.1. The molecule has 222 valence electrons. The molecular weight excluding hydrogens is 571 g/mol. The lowest BCUT2D eigenvalue weighted by Gasteiger charge is -2.24. The third-order valence-corrected chi connectivity index (χ3v) is 8.75. The van der Waals surface area contributed by atoms with Gasteiger partial charge >= 0.3 is 5.97 Å². The van der Waals surface area contributed by atoms with Crippen molar-refractivity contribution in [1.29, 1.82) is 0 Å². The van der Waals surface area contributed by atoms with Crippen LogP contribution in [0.2, 0.25) is 0 Å². The molecular formula is C32H31FN4O5S. The maximum absolute atomic E-state index is 15.8. The number of benzene rings is 1. The number of anilines is 2. The van der Waals surface area contributed by atoms with E-state index in [1.807, 2.05) is 36.4 Å². The Morgan fingerprint density at radius 3 is 2.51 bits per heavy atom. The third kappa shape index (κ3) is 5.81. The zero-order chi connectivity index (χ0) is 30.2. The zero-order valence-electron chi connectivity index (χ0n) is 23.9. The van der Waals surface area contributed by atoms with Gasteiger partial charge < -0.3 is 9.52 Å². The summed E-state index contributed by atoms with van der Waals surface area (Å²) in [5.74, 6) is -0.622. The quantitative estimate of drug-likeness (QED) is 0.231. The molecule has 1 unspecified atom stereocenters. The van der Waals surface area contributed by atoms with Gasteiger partial charge in [0.1, 0.15) is 23.0 Å². The molecule has 43 heavy (non-hydrogen) atoms. The van der Waals surface area contributed by atoms with Gasteiger partial charge in [0.2, 0.25) is 16.9 Å². The number of hydrogen-bond donors (Lipinski definition) is 1. The summed E-state index contributed by atoms with van der Waals surface area (Å²) >= 11 is 0.776. The summed E-state index contributed by atoms with van der Waals surface area (Å²) in [6.07, 6.45) is 4.33. The molecule has 1 aromatic carbocycles. The fraction of sp³-hybridized carbons (Fsp3) is 0.344. The first-order valence-electron chi connectivity index (χ1n) is 14.3. The Morgan fingerprint density at radius 1 is 1.14 bits per heavy atom. The predicted molar refractivity (Wildman–Crippen MR) is 160 cm³/mol. The highest BCUT2D eigenvalue weighted by molar-refractivity contribution is 7.14. The summed E-state index contributed by atoms with van der Waals surface area (Å²) in [7, 11) is 0. The van der Waals surface area contributed by atoms with Gasteiger partial charge in [-0.25, -0.2) is 9.97 Å². The molecule has 11 heteroatoms. The first kappa shape index (κ1) is 28.7. The van der Waals surface area contributed by atoms with E-state index in [2.05, 4.69) is 9.97 Å². The lowest BCUT2D eigenvalue weighted by Crippen LogP contribution is -2.39. The van der Waals surface area contributed by atoms with E-state index in [1.165, 1.54) is 4.90 Å². The Hall–Kier alpha value is -4.38. The molecule has 4 aromatic rings. The number of aromatic nitrogens is 2. The number of rotatable bonds is 10. The second-order valence-electron chi connectivity index (χ2n) is 11.1. The number of carbonyl (C=O) groups is 3. The van der Waals surface area contributed by atoms with Gasteiger partial charge in [0, 0.05) is 36.3 Å². The second-order valence-corrected chi connectivity index (χ2v) is 12.0. The summed E-state index contributed by atoms with van der Waals surface area (Å²) in [5.41, 5.74) is 2.72. The van der Waals surface area contributed by atoms with Crippen LogP contribution in [-0.2, 0) is 20.8 Å². The molecule has 2 fully saturated rings. The van der Waals surface area contributed by atoms with Crippen LogP contribution >= 0.6 is 11.3 Å². The topological polar surface area (TPSA) is 117 Å². The van der Waals surface area contributed by atoms with Crippen LogP contribution in [0.15, 0.2) is 53.1 Å². The number of amides is 2. The first-order chi connectivity index (χ1) is 20.7. The normalized spacial score (nSPS) is 15.6. The Balaban J connectivity index is 1.34. The number of hydrogen-bond acceptors (Lipinski definition) is 7. The van der Waals surface area contributed by atoms with E-state index in [0.29, 0.717) is 47.0 Å². The number of halogens is 1. The highest BCUT2D eigenvalue weighted by Gasteiger charge is 2.40. The molecule has 6 rings (SSSR count). The number of thiazole rings is 1. The van der Waals surface area contributed by atoms with Gasteiger partial charge in [-0.3, -0.25) is 24.2 Å². The van der Waals surface area contributed by atoms with Crippen LogP contribution < -0.4 is 9.80 Å². The van der Waals surface area contributed by atoms with Crippen molar-refractivity contribution in [3.05, 3.63) is 70.9 Å². The smallest absolute Gasteiger partial charge is 0.304 e. The standard InChI is InChI=1S/C32H31FN4O5S/c1-18-27(21-10-13-24(34-17-21)36-14-6-9-25(36)38)28(19(2)42-18)29-30(33)43-32(35-29)37(23-11-12-23)31(41)22(16-26(39)40)15-20-7-4-3-5-8-20/h3-5,7-8,10,13,17,22-23H,6,9,11-12,14-16H2,1-2H3,(H,39,40). The Morgan fingerprint density at radius 2 is 1.88 bits per heavy atom. The molecule has 1 atom stereocenters. The molecule has 1 N–H and O–H groups in total. The summed E-state index contributed by atoms with van der Waals surface area (Å²) in [6, 6.07) is 12.7. The van der Waals surface area contributed by atoms with E-state index in [1.54, 1.807) is 31.0 Å². The number of carboxylic acids is 1. The molecule has 3 aromatic heterocycles. The van der Waals surface area contributed by atoms with Gasteiger partial charge in [-0.15, -0.1) is 0 Å². The molecule has 1 saturated heterocycles. The Kier molecular flexibility index (Phi) is 7.83. The third-order valence-electron chi connectivity index (χ3n) is 7.91. The van der Waals surface area contributed by atoms with Crippen molar-refractivity contribution in [2.24, 2.45) is 5.92 Å². The van der Waals surface area contributed by atoms with Gasteiger partial charge in [-0.2, -0.15) is 4.39 Å². The zero-order valence-corrected chi connectivity index (χ0v) is 24.7.